The first-order chi connectivity index (χ1) is 10.3. The fourth-order valence-corrected chi connectivity index (χ4v) is 2.35. The maximum absolute atomic E-state index is 8.89. The van der Waals surface area contributed by atoms with E-state index >= 15 is 0 Å². The van der Waals surface area contributed by atoms with Crippen molar-refractivity contribution < 1.29 is 4.74 Å². The molecular weight excluding hydrogens is 258 g/mol. The molecule has 0 bridgehead atoms. The van der Waals surface area contributed by atoms with Gasteiger partial charge in [0, 0.05) is 0 Å². The van der Waals surface area contributed by atoms with E-state index in [1.54, 1.807) is 0 Å². The van der Waals surface area contributed by atoms with Crippen molar-refractivity contribution in [3.05, 3.63) is 65.2 Å². The third-order valence-electron chi connectivity index (χ3n) is 3.83. The normalized spacial score (nSPS) is 11.7. The summed E-state index contributed by atoms with van der Waals surface area (Å²) >= 11 is 0. The lowest BCUT2D eigenvalue weighted by Gasteiger charge is -2.16. The Morgan fingerprint density at radius 1 is 1.05 bits per heavy atom. The summed E-state index contributed by atoms with van der Waals surface area (Å²) in [5, 5.41) is 8.89. The first-order valence-electron chi connectivity index (χ1n) is 7.41. The predicted octanol–water partition coefficient (Wildman–Crippen LogP) is 4.85. The third-order valence-corrected chi connectivity index (χ3v) is 3.83. The Morgan fingerprint density at radius 2 is 1.71 bits per heavy atom. The van der Waals surface area contributed by atoms with Crippen LogP contribution in [0.5, 0.6) is 5.75 Å². The lowest BCUT2D eigenvalue weighted by Crippen LogP contribution is -2.03. The molecule has 1 atom stereocenters. The van der Waals surface area contributed by atoms with E-state index in [2.05, 4.69) is 32.0 Å². The molecule has 0 saturated heterocycles. The summed E-state index contributed by atoms with van der Waals surface area (Å²) in [4.78, 5) is 0. The molecule has 0 radical (unpaired) electrons. The molecule has 0 heterocycles. The van der Waals surface area contributed by atoms with E-state index in [-0.39, 0.29) is 0 Å². The molecule has 21 heavy (non-hydrogen) atoms. The largest absolute Gasteiger partial charge is 0.489 e. The Balaban J connectivity index is 2.16. The van der Waals surface area contributed by atoms with Gasteiger partial charge in [0.15, 0.2) is 0 Å². The Morgan fingerprint density at radius 3 is 2.43 bits per heavy atom. The van der Waals surface area contributed by atoms with Crippen LogP contribution in [0.2, 0.25) is 0 Å². The Labute approximate surface area is 127 Å². The van der Waals surface area contributed by atoms with Crippen LogP contribution in [0.15, 0.2) is 48.5 Å². The molecule has 0 aromatic heterocycles. The van der Waals surface area contributed by atoms with Gasteiger partial charge < -0.3 is 4.74 Å². The van der Waals surface area contributed by atoms with E-state index in [9.17, 15) is 0 Å². The summed E-state index contributed by atoms with van der Waals surface area (Å²) in [6.07, 6.45) is 1.51. The number of rotatable bonds is 6. The van der Waals surface area contributed by atoms with Crippen molar-refractivity contribution >= 4 is 0 Å². The molecule has 1 unspecified atom stereocenters. The number of benzene rings is 2. The minimum atomic E-state index is 0.423. The molecule has 2 rings (SSSR count). The standard InChI is InChI=1S/C19H21NO/c1-3-15(2)18-10-6-7-11-19(18)21-14-17-9-5-4-8-16(17)12-13-20/h4-11,15H,3,12,14H2,1-2H3. The maximum atomic E-state index is 8.89. The fraction of sp³-hybridized carbons (Fsp3) is 0.316. The van der Waals surface area contributed by atoms with Crippen LogP contribution in [-0.2, 0) is 13.0 Å². The van der Waals surface area contributed by atoms with Gasteiger partial charge in [-0.25, -0.2) is 0 Å². The van der Waals surface area contributed by atoms with Crippen molar-refractivity contribution in [2.24, 2.45) is 0 Å². The number of para-hydroxylation sites is 1. The summed E-state index contributed by atoms with van der Waals surface area (Å²) in [6.45, 7) is 4.90. The minimum Gasteiger partial charge on any atom is -0.489 e. The second-order valence-corrected chi connectivity index (χ2v) is 5.24. The lowest BCUT2D eigenvalue weighted by atomic mass is 9.98. The van der Waals surface area contributed by atoms with Crippen LogP contribution in [0, 0.1) is 11.3 Å². The van der Waals surface area contributed by atoms with Gasteiger partial charge in [-0.3, -0.25) is 0 Å². The van der Waals surface area contributed by atoms with Crippen LogP contribution in [0.3, 0.4) is 0 Å². The van der Waals surface area contributed by atoms with Gasteiger partial charge in [-0.15, -0.1) is 0 Å². The zero-order valence-corrected chi connectivity index (χ0v) is 12.7. The van der Waals surface area contributed by atoms with E-state index in [4.69, 9.17) is 10.00 Å². The lowest BCUT2D eigenvalue weighted by molar-refractivity contribution is 0.300. The van der Waals surface area contributed by atoms with Crippen LogP contribution < -0.4 is 4.74 Å². The summed E-state index contributed by atoms with van der Waals surface area (Å²) in [7, 11) is 0. The highest BCUT2D eigenvalue weighted by molar-refractivity contribution is 5.36. The van der Waals surface area contributed by atoms with Gasteiger partial charge >= 0.3 is 0 Å². The molecule has 0 fully saturated rings. The average molecular weight is 279 g/mol. The van der Waals surface area contributed by atoms with Crippen LogP contribution >= 0.6 is 0 Å². The van der Waals surface area contributed by atoms with Crippen LogP contribution in [0.4, 0.5) is 0 Å². The molecule has 2 nitrogen and oxygen atoms in total. The number of nitrogens with zero attached hydrogens (tertiary/aromatic N) is 1. The second-order valence-electron chi connectivity index (χ2n) is 5.24. The zero-order chi connectivity index (χ0) is 15.1. The average Bonchev–Trinajstić information content (AvgIpc) is 2.54. The van der Waals surface area contributed by atoms with Gasteiger partial charge in [-0.05, 0) is 35.1 Å². The molecule has 0 aliphatic heterocycles. The van der Waals surface area contributed by atoms with Gasteiger partial charge in [0.25, 0.3) is 0 Å². The quantitative estimate of drug-likeness (QED) is 0.757. The van der Waals surface area contributed by atoms with Crippen molar-refractivity contribution in [3.63, 3.8) is 0 Å². The molecule has 2 aromatic rings. The molecule has 0 aliphatic rings. The highest BCUT2D eigenvalue weighted by Gasteiger charge is 2.10. The van der Waals surface area contributed by atoms with E-state index in [0.717, 1.165) is 23.3 Å². The van der Waals surface area contributed by atoms with E-state index in [1.807, 2.05) is 36.4 Å². The molecule has 0 amide bonds. The summed E-state index contributed by atoms with van der Waals surface area (Å²) in [6, 6.07) is 18.4. The fourth-order valence-electron chi connectivity index (χ4n) is 2.35. The van der Waals surface area contributed by atoms with Crippen molar-refractivity contribution in [3.8, 4) is 11.8 Å². The van der Waals surface area contributed by atoms with Gasteiger partial charge in [-0.1, -0.05) is 56.3 Å². The maximum Gasteiger partial charge on any atom is 0.123 e. The van der Waals surface area contributed by atoms with E-state index in [1.165, 1.54) is 5.56 Å². The van der Waals surface area contributed by atoms with Gasteiger partial charge in [0.2, 0.25) is 0 Å². The van der Waals surface area contributed by atoms with Gasteiger partial charge in [-0.2, -0.15) is 5.26 Å². The molecular formula is C19H21NO. The molecule has 2 aromatic carbocycles. The summed E-state index contributed by atoms with van der Waals surface area (Å²) in [5.74, 6) is 1.43. The summed E-state index contributed by atoms with van der Waals surface area (Å²) in [5.41, 5.74) is 3.37. The third kappa shape index (κ3) is 3.86. The highest BCUT2D eigenvalue weighted by atomic mass is 16.5. The minimum absolute atomic E-state index is 0.423. The Bertz CT molecular complexity index is 627. The smallest absolute Gasteiger partial charge is 0.123 e. The Hall–Kier alpha value is -2.27. The first-order valence-corrected chi connectivity index (χ1v) is 7.41. The van der Waals surface area contributed by atoms with Crippen molar-refractivity contribution in [1.82, 2.24) is 0 Å². The SMILES string of the molecule is CCC(C)c1ccccc1OCc1ccccc1CC#N. The predicted molar refractivity (Wildman–Crippen MR) is 85.2 cm³/mol. The Kier molecular flexibility index (Phi) is 5.40. The molecule has 108 valence electrons. The van der Waals surface area contributed by atoms with E-state index in [0.29, 0.717) is 18.9 Å². The van der Waals surface area contributed by atoms with Crippen molar-refractivity contribution in [1.29, 1.82) is 5.26 Å². The van der Waals surface area contributed by atoms with E-state index < -0.39 is 0 Å². The van der Waals surface area contributed by atoms with Crippen molar-refractivity contribution in [2.75, 3.05) is 0 Å². The number of ether oxygens (including phenoxy) is 1. The molecule has 0 spiro atoms. The van der Waals surface area contributed by atoms with Gasteiger partial charge in [0.1, 0.15) is 12.4 Å². The molecule has 0 N–H and O–H groups in total. The number of nitriles is 1. The van der Waals surface area contributed by atoms with Crippen LogP contribution in [0.1, 0.15) is 42.9 Å². The molecule has 2 heteroatoms. The monoisotopic (exact) mass is 279 g/mol. The summed E-state index contributed by atoms with van der Waals surface area (Å²) < 4.78 is 6.02. The first kappa shape index (κ1) is 15.1. The van der Waals surface area contributed by atoms with Crippen LogP contribution in [0.25, 0.3) is 0 Å². The molecule has 0 saturated carbocycles. The topological polar surface area (TPSA) is 33.0 Å². The number of hydrogen-bond acceptors (Lipinski definition) is 2. The second kappa shape index (κ2) is 7.50. The number of hydrogen-bond donors (Lipinski definition) is 0. The van der Waals surface area contributed by atoms with Gasteiger partial charge in [0.05, 0.1) is 12.5 Å². The zero-order valence-electron chi connectivity index (χ0n) is 12.7. The highest BCUT2D eigenvalue weighted by Crippen LogP contribution is 2.29. The molecule has 0 aliphatic carbocycles. The van der Waals surface area contributed by atoms with Crippen molar-refractivity contribution in [2.45, 2.75) is 39.2 Å². The van der Waals surface area contributed by atoms with Crippen LogP contribution in [-0.4, -0.2) is 0 Å².